The van der Waals surface area contributed by atoms with Crippen LogP contribution >= 0.6 is 23.2 Å². The van der Waals surface area contributed by atoms with Crippen LogP contribution in [0.2, 0.25) is 10.0 Å². The summed E-state index contributed by atoms with van der Waals surface area (Å²) >= 11 is 11.5. The van der Waals surface area contributed by atoms with Gasteiger partial charge in [-0.3, -0.25) is 4.79 Å². The largest absolute Gasteiger partial charge is 0.460 e. The van der Waals surface area contributed by atoms with E-state index in [9.17, 15) is 4.79 Å². The Morgan fingerprint density at radius 1 is 1.43 bits per heavy atom. The zero-order chi connectivity index (χ0) is 10.6. The number of ether oxygens (including phenoxy) is 1. The Hall–Kier alpha value is -0.770. The van der Waals surface area contributed by atoms with Crippen molar-refractivity contribution in [1.82, 2.24) is 0 Å². The second kappa shape index (κ2) is 5.20. The Balaban J connectivity index is 2.63. The first-order chi connectivity index (χ1) is 6.63. The first-order valence-electron chi connectivity index (χ1n) is 3.93. The van der Waals surface area contributed by atoms with E-state index in [1.807, 2.05) is 0 Å². The van der Waals surface area contributed by atoms with Crippen molar-refractivity contribution in [3.8, 4) is 0 Å². The first-order valence-corrected chi connectivity index (χ1v) is 4.68. The molecule has 0 atom stereocenters. The average Bonchev–Trinajstić information content (AvgIpc) is 2.16. The molecule has 0 spiro atoms. The number of carbonyl (C=O) groups excluding carboxylic acids is 1. The number of benzene rings is 1. The zero-order valence-corrected chi connectivity index (χ0v) is 8.81. The van der Waals surface area contributed by atoms with Gasteiger partial charge in [0.2, 0.25) is 0 Å². The van der Waals surface area contributed by atoms with Crippen molar-refractivity contribution in [2.24, 2.45) is 5.73 Å². The third kappa shape index (κ3) is 3.18. The number of hydrogen-bond acceptors (Lipinski definition) is 3. The van der Waals surface area contributed by atoms with E-state index < -0.39 is 5.97 Å². The molecule has 0 aliphatic heterocycles. The van der Waals surface area contributed by atoms with Gasteiger partial charge >= 0.3 is 5.97 Å². The third-order valence-electron chi connectivity index (χ3n) is 1.57. The van der Waals surface area contributed by atoms with Crippen molar-refractivity contribution >= 4 is 29.2 Å². The SMILES string of the molecule is NCC(=O)OCc1ccc(Cl)cc1Cl. The first kappa shape index (κ1) is 11.3. The molecule has 1 aromatic carbocycles. The van der Waals surface area contributed by atoms with Gasteiger partial charge in [0.05, 0.1) is 6.54 Å². The molecule has 1 aromatic rings. The summed E-state index contributed by atoms with van der Waals surface area (Å²) in [5.41, 5.74) is 5.78. The minimum Gasteiger partial charge on any atom is -0.460 e. The predicted molar refractivity (Wildman–Crippen MR) is 55.3 cm³/mol. The van der Waals surface area contributed by atoms with Crippen LogP contribution in [0.5, 0.6) is 0 Å². The van der Waals surface area contributed by atoms with E-state index in [1.54, 1.807) is 18.2 Å². The van der Waals surface area contributed by atoms with Crippen LogP contribution in [0.4, 0.5) is 0 Å². The Morgan fingerprint density at radius 2 is 2.14 bits per heavy atom. The van der Waals surface area contributed by atoms with Gasteiger partial charge in [-0.2, -0.15) is 0 Å². The quantitative estimate of drug-likeness (QED) is 0.813. The fourth-order valence-electron chi connectivity index (χ4n) is 0.856. The standard InChI is InChI=1S/C9H9Cl2NO2/c10-7-2-1-6(8(11)3-7)5-14-9(13)4-12/h1-3H,4-5,12H2. The van der Waals surface area contributed by atoms with Crippen molar-refractivity contribution in [1.29, 1.82) is 0 Å². The highest BCUT2D eigenvalue weighted by Crippen LogP contribution is 2.21. The van der Waals surface area contributed by atoms with Gasteiger partial charge in [0.25, 0.3) is 0 Å². The zero-order valence-electron chi connectivity index (χ0n) is 7.30. The maximum atomic E-state index is 10.7. The number of hydrogen-bond donors (Lipinski definition) is 1. The Labute approximate surface area is 91.7 Å². The van der Waals surface area contributed by atoms with E-state index >= 15 is 0 Å². The minimum atomic E-state index is -0.462. The van der Waals surface area contributed by atoms with E-state index in [0.717, 1.165) is 0 Å². The predicted octanol–water partition coefficient (Wildman–Crippen LogP) is 2.00. The van der Waals surface area contributed by atoms with Crippen molar-refractivity contribution in [3.05, 3.63) is 33.8 Å². The van der Waals surface area contributed by atoms with Crippen molar-refractivity contribution in [2.45, 2.75) is 6.61 Å². The molecule has 3 nitrogen and oxygen atoms in total. The monoisotopic (exact) mass is 233 g/mol. The van der Waals surface area contributed by atoms with Crippen molar-refractivity contribution in [2.75, 3.05) is 6.54 Å². The number of rotatable bonds is 3. The van der Waals surface area contributed by atoms with E-state index in [0.29, 0.717) is 15.6 Å². The van der Waals surface area contributed by atoms with Gasteiger partial charge < -0.3 is 10.5 Å². The molecule has 0 saturated carbocycles. The smallest absolute Gasteiger partial charge is 0.320 e. The van der Waals surface area contributed by atoms with Gasteiger partial charge in [-0.1, -0.05) is 29.3 Å². The lowest BCUT2D eigenvalue weighted by Crippen LogP contribution is -2.16. The number of halogens is 2. The van der Waals surface area contributed by atoms with Crippen LogP contribution in [0.3, 0.4) is 0 Å². The van der Waals surface area contributed by atoms with Crippen LogP contribution < -0.4 is 5.73 Å². The summed E-state index contributed by atoms with van der Waals surface area (Å²) in [6, 6.07) is 4.97. The van der Waals surface area contributed by atoms with Gasteiger partial charge in [-0.25, -0.2) is 0 Å². The molecule has 0 aromatic heterocycles. The summed E-state index contributed by atoms with van der Waals surface area (Å²) in [4.78, 5) is 10.7. The lowest BCUT2D eigenvalue weighted by atomic mass is 10.2. The van der Waals surface area contributed by atoms with Crippen LogP contribution in [0.1, 0.15) is 5.56 Å². The highest BCUT2D eigenvalue weighted by molar-refractivity contribution is 6.35. The molecule has 0 bridgehead atoms. The van der Waals surface area contributed by atoms with Gasteiger partial charge in [0.15, 0.2) is 0 Å². The molecule has 14 heavy (non-hydrogen) atoms. The maximum absolute atomic E-state index is 10.7. The molecule has 0 unspecified atom stereocenters. The Morgan fingerprint density at radius 3 is 2.71 bits per heavy atom. The molecule has 0 amide bonds. The number of carbonyl (C=O) groups is 1. The Kier molecular flexibility index (Phi) is 4.20. The maximum Gasteiger partial charge on any atom is 0.320 e. The normalized spacial score (nSPS) is 9.93. The molecule has 5 heteroatoms. The highest BCUT2D eigenvalue weighted by Gasteiger charge is 2.04. The van der Waals surface area contributed by atoms with Gasteiger partial charge in [0.1, 0.15) is 6.61 Å². The molecule has 1 rings (SSSR count). The lowest BCUT2D eigenvalue weighted by Gasteiger charge is -2.05. The van der Waals surface area contributed by atoms with Gasteiger partial charge in [-0.15, -0.1) is 0 Å². The Bertz CT molecular complexity index is 342. The second-order valence-corrected chi connectivity index (χ2v) is 3.44. The molecular formula is C9H9Cl2NO2. The molecule has 0 aliphatic rings. The fraction of sp³-hybridized carbons (Fsp3) is 0.222. The van der Waals surface area contributed by atoms with E-state index in [-0.39, 0.29) is 13.2 Å². The van der Waals surface area contributed by atoms with Crippen LogP contribution in [0, 0.1) is 0 Å². The molecule has 76 valence electrons. The molecule has 2 N–H and O–H groups in total. The number of nitrogens with two attached hydrogens (primary N) is 1. The summed E-state index contributed by atoms with van der Waals surface area (Å²) in [6.45, 7) is -0.0166. The van der Waals surface area contributed by atoms with Crippen LogP contribution in [-0.4, -0.2) is 12.5 Å². The van der Waals surface area contributed by atoms with Crippen LogP contribution in [0.15, 0.2) is 18.2 Å². The molecule has 0 radical (unpaired) electrons. The summed E-state index contributed by atoms with van der Waals surface area (Å²) < 4.78 is 4.81. The van der Waals surface area contributed by atoms with Gasteiger partial charge in [-0.05, 0) is 12.1 Å². The molecule has 0 saturated heterocycles. The van der Waals surface area contributed by atoms with E-state index in [1.165, 1.54) is 0 Å². The number of esters is 1. The van der Waals surface area contributed by atoms with Crippen molar-refractivity contribution < 1.29 is 9.53 Å². The molecule has 0 aliphatic carbocycles. The van der Waals surface area contributed by atoms with E-state index in [4.69, 9.17) is 33.7 Å². The summed E-state index contributed by atoms with van der Waals surface area (Å²) in [5, 5.41) is 1.02. The topological polar surface area (TPSA) is 52.3 Å². The van der Waals surface area contributed by atoms with Gasteiger partial charge in [0, 0.05) is 15.6 Å². The van der Waals surface area contributed by atoms with Crippen LogP contribution in [0.25, 0.3) is 0 Å². The molecule has 0 heterocycles. The fourth-order valence-corrected chi connectivity index (χ4v) is 1.32. The summed E-state index contributed by atoms with van der Waals surface area (Å²) in [5.74, 6) is -0.462. The second-order valence-electron chi connectivity index (χ2n) is 2.60. The van der Waals surface area contributed by atoms with Crippen molar-refractivity contribution in [3.63, 3.8) is 0 Å². The van der Waals surface area contributed by atoms with E-state index in [2.05, 4.69) is 0 Å². The summed E-state index contributed by atoms with van der Waals surface area (Å²) in [6.07, 6.45) is 0. The molecular weight excluding hydrogens is 225 g/mol. The highest BCUT2D eigenvalue weighted by atomic mass is 35.5. The lowest BCUT2D eigenvalue weighted by molar-refractivity contribution is -0.143. The summed E-state index contributed by atoms with van der Waals surface area (Å²) in [7, 11) is 0. The third-order valence-corrected chi connectivity index (χ3v) is 2.16. The van der Waals surface area contributed by atoms with Crippen LogP contribution in [-0.2, 0) is 16.1 Å². The molecule has 0 fully saturated rings. The average molecular weight is 234 g/mol. The minimum absolute atomic E-state index is 0.117.